The molecule has 0 aromatic carbocycles. The number of carbonyl (C=O) groups excluding carboxylic acids is 2. The van der Waals surface area contributed by atoms with Gasteiger partial charge in [-0.2, -0.15) is 0 Å². The monoisotopic (exact) mass is 1030 g/mol. The minimum absolute atomic E-state index is 0.0250. The molecule has 2 unspecified atom stereocenters. The summed E-state index contributed by atoms with van der Waals surface area (Å²) in [6.45, 7) is 4.32. The molecule has 0 amide bonds. The maximum Gasteiger partial charge on any atom is 0.306 e. The topological polar surface area (TPSA) is 111 Å². The molecular formula is C61H122NO8P. The Balaban J connectivity index is 4.00. The fourth-order valence-electron chi connectivity index (χ4n) is 9.54. The molecule has 10 heteroatoms. The molecule has 0 bridgehead atoms. The van der Waals surface area contributed by atoms with Crippen molar-refractivity contribution in [2.24, 2.45) is 0 Å². The molecule has 0 saturated heterocycles. The highest BCUT2D eigenvalue weighted by Crippen LogP contribution is 2.38. The number of unbranched alkanes of at least 4 members (excludes halogenated alkanes) is 45. The fourth-order valence-corrected chi connectivity index (χ4v) is 10.3. The van der Waals surface area contributed by atoms with Crippen LogP contribution >= 0.6 is 7.82 Å². The lowest BCUT2D eigenvalue weighted by Crippen LogP contribution is -2.37. The number of hydrogen-bond donors (Lipinski definition) is 0. The highest BCUT2D eigenvalue weighted by Gasteiger charge is 2.22. The Kier molecular flexibility index (Phi) is 53.1. The van der Waals surface area contributed by atoms with Crippen molar-refractivity contribution < 1.29 is 42.1 Å². The van der Waals surface area contributed by atoms with Gasteiger partial charge >= 0.3 is 11.9 Å². The Morgan fingerprint density at radius 1 is 0.380 bits per heavy atom. The molecule has 0 aromatic heterocycles. The smallest absolute Gasteiger partial charge is 0.306 e. The first-order chi connectivity index (χ1) is 34.5. The standard InChI is InChI=1S/C61H122NO8P/c1-6-8-10-12-14-16-18-20-22-24-25-26-27-28-29-30-31-32-33-34-35-36-38-40-42-44-46-48-50-52-54-61(64)70-59(58-69-71(65,66)68-56-55-62(3,4)5)57-67-60(63)53-51-49-47-45-43-41-39-37-23-21-19-17-15-13-11-9-7-2/h59H,6-58H2,1-5H3. The molecule has 0 aromatic rings. The Hall–Kier alpha value is -0.990. The van der Waals surface area contributed by atoms with Gasteiger partial charge in [0, 0.05) is 12.8 Å². The molecule has 424 valence electrons. The normalized spacial score (nSPS) is 13.2. The van der Waals surface area contributed by atoms with Gasteiger partial charge in [-0.05, 0) is 12.8 Å². The van der Waals surface area contributed by atoms with Crippen molar-refractivity contribution in [1.29, 1.82) is 0 Å². The average molecular weight is 1030 g/mol. The Morgan fingerprint density at radius 2 is 0.634 bits per heavy atom. The predicted molar refractivity (Wildman–Crippen MR) is 301 cm³/mol. The van der Waals surface area contributed by atoms with Gasteiger partial charge in [0.1, 0.15) is 19.8 Å². The Labute approximate surface area is 442 Å². The molecule has 0 saturated carbocycles. The molecular weight excluding hydrogens is 906 g/mol. The summed E-state index contributed by atoms with van der Waals surface area (Å²) in [6, 6.07) is 0. The number of rotatable bonds is 59. The van der Waals surface area contributed by atoms with Crippen molar-refractivity contribution in [2.45, 2.75) is 335 Å². The number of carbonyl (C=O) groups is 2. The van der Waals surface area contributed by atoms with E-state index in [0.717, 1.165) is 32.1 Å². The van der Waals surface area contributed by atoms with Crippen LogP contribution in [0.2, 0.25) is 0 Å². The number of hydrogen-bond acceptors (Lipinski definition) is 8. The maximum atomic E-state index is 12.8. The summed E-state index contributed by atoms with van der Waals surface area (Å²) in [5.41, 5.74) is 0. The number of nitrogens with zero attached hydrogens (tertiary/aromatic N) is 1. The largest absolute Gasteiger partial charge is 0.756 e. The van der Waals surface area contributed by atoms with Gasteiger partial charge in [-0.15, -0.1) is 0 Å². The zero-order valence-corrected chi connectivity index (χ0v) is 49.1. The third-order valence-electron chi connectivity index (χ3n) is 14.4. The molecule has 2 atom stereocenters. The van der Waals surface area contributed by atoms with Crippen molar-refractivity contribution in [1.82, 2.24) is 0 Å². The zero-order valence-electron chi connectivity index (χ0n) is 48.2. The Bertz CT molecular complexity index is 1160. The molecule has 0 fully saturated rings. The van der Waals surface area contributed by atoms with Gasteiger partial charge in [-0.25, -0.2) is 0 Å². The van der Waals surface area contributed by atoms with E-state index in [-0.39, 0.29) is 32.0 Å². The summed E-state index contributed by atoms with van der Waals surface area (Å²) < 4.78 is 34.2. The van der Waals surface area contributed by atoms with Crippen LogP contribution in [0.3, 0.4) is 0 Å². The molecule has 9 nitrogen and oxygen atoms in total. The lowest BCUT2D eigenvalue weighted by molar-refractivity contribution is -0.870. The number of quaternary nitrogens is 1. The lowest BCUT2D eigenvalue weighted by atomic mass is 10.0. The highest BCUT2D eigenvalue weighted by atomic mass is 31.2. The van der Waals surface area contributed by atoms with E-state index in [0.29, 0.717) is 17.4 Å². The summed E-state index contributed by atoms with van der Waals surface area (Å²) >= 11 is 0. The number of likely N-dealkylation sites (N-methyl/N-ethyl adjacent to an activating group) is 1. The third-order valence-corrected chi connectivity index (χ3v) is 15.3. The molecule has 0 heterocycles. The maximum absolute atomic E-state index is 12.8. The van der Waals surface area contributed by atoms with Crippen LogP contribution < -0.4 is 4.89 Å². The minimum atomic E-state index is -4.63. The second-order valence-corrected chi connectivity index (χ2v) is 24.2. The summed E-state index contributed by atoms with van der Waals surface area (Å²) in [5.74, 6) is -0.808. The number of phosphoric ester groups is 1. The first-order valence-electron chi connectivity index (χ1n) is 31.2. The molecule has 0 aliphatic carbocycles. The van der Waals surface area contributed by atoms with Gasteiger partial charge in [0.25, 0.3) is 7.82 Å². The Morgan fingerprint density at radius 3 is 0.901 bits per heavy atom. The second-order valence-electron chi connectivity index (χ2n) is 22.8. The van der Waals surface area contributed by atoms with Gasteiger partial charge in [-0.3, -0.25) is 14.2 Å². The van der Waals surface area contributed by atoms with Crippen molar-refractivity contribution >= 4 is 19.8 Å². The molecule has 0 rings (SSSR count). The molecule has 0 N–H and O–H groups in total. The van der Waals surface area contributed by atoms with Crippen LogP contribution in [0.4, 0.5) is 0 Å². The van der Waals surface area contributed by atoms with Gasteiger partial charge in [0.15, 0.2) is 6.10 Å². The number of ether oxygens (including phenoxy) is 2. The predicted octanol–water partition coefficient (Wildman–Crippen LogP) is 18.8. The molecule has 0 radical (unpaired) electrons. The van der Waals surface area contributed by atoms with E-state index >= 15 is 0 Å². The average Bonchev–Trinajstić information content (AvgIpc) is 3.33. The van der Waals surface area contributed by atoms with Crippen LogP contribution in [0.25, 0.3) is 0 Å². The van der Waals surface area contributed by atoms with E-state index in [4.69, 9.17) is 18.5 Å². The van der Waals surface area contributed by atoms with Crippen molar-refractivity contribution in [3.05, 3.63) is 0 Å². The van der Waals surface area contributed by atoms with Crippen LogP contribution in [-0.4, -0.2) is 70.0 Å². The van der Waals surface area contributed by atoms with Crippen LogP contribution in [-0.2, 0) is 32.7 Å². The highest BCUT2D eigenvalue weighted by molar-refractivity contribution is 7.45. The van der Waals surface area contributed by atoms with Crippen LogP contribution in [0, 0.1) is 0 Å². The van der Waals surface area contributed by atoms with E-state index in [1.165, 1.54) is 263 Å². The number of esters is 2. The van der Waals surface area contributed by atoms with Crippen molar-refractivity contribution in [2.75, 3.05) is 47.5 Å². The van der Waals surface area contributed by atoms with E-state index < -0.39 is 26.5 Å². The molecule has 0 spiro atoms. The summed E-state index contributed by atoms with van der Waals surface area (Å²) in [5, 5.41) is 0. The SMILES string of the molecule is CCCCCCCCCCCCCCCCCCCCCCCCCCCCCCCCC(=O)OC(COC(=O)CCCCCCCCCCCCCCCCCCC)COP(=O)([O-])OCC[N+](C)(C)C. The minimum Gasteiger partial charge on any atom is -0.756 e. The van der Waals surface area contributed by atoms with Gasteiger partial charge in [0.2, 0.25) is 0 Å². The van der Waals surface area contributed by atoms with Crippen LogP contribution in [0.15, 0.2) is 0 Å². The quantitative estimate of drug-likeness (QED) is 0.0256. The van der Waals surface area contributed by atoms with Crippen molar-refractivity contribution in [3.63, 3.8) is 0 Å². The third kappa shape index (κ3) is 58.1. The van der Waals surface area contributed by atoms with E-state index in [1.54, 1.807) is 0 Å². The first-order valence-corrected chi connectivity index (χ1v) is 32.7. The first kappa shape index (κ1) is 70.0. The lowest BCUT2D eigenvalue weighted by Gasteiger charge is -2.28. The molecule has 0 aliphatic heterocycles. The summed E-state index contributed by atoms with van der Waals surface area (Å²) in [6.07, 6.45) is 61.7. The molecule has 71 heavy (non-hydrogen) atoms. The van der Waals surface area contributed by atoms with Crippen molar-refractivity contribution in [3.8, 4) is 0 Å². The van der Waals surface area contributed by atoms with E-state index in [2.05, 4.69) is 13.8 Å². The van der Waals surface area contributed by atoms with Crippen LogP contribution in [0.1, 0.15) is 328 Å². The zero-order chi connectivity index (χ0) is 52.0. The van der Waals surface area contributed by atoms with Gasteiger partial charge in [-0.1, -0.05) is 303 Å². The molecule has 0 aliphatic rings. The second kappa shape index (κ2) is 53.8. The van der Waals surface area contributed by atoms with Gasteiger partial charge < -0.3 is 27.9 Å². The fraction of sp³-hybridized carbons (Fsp3) is 0.967. The van der Waals surface area contributed by atoms with E-state index in [9.17, 15) is 19.0 Å². The van der Waals surface area contributed by atoms with Crippen LogP contribution in [0.5, 0.6) is 0 Å². The van der Waals surface area contributed by atoms with E-state index in [1.807, 2.05) is 21.1 Å². The summed E-state index contributed by atoms with van der Waals surface area (Å²) in [4.78, 5) is 37.9. The summed E-state index contributed by atoms with van der Waals surface area (Å²) in [7, 11) is 1.19. The van der Waals surface area contributed by atoms with Gasteiger partial charge in [0.05, 0.1) is 27.7 Å². The number of phosphoric acid groups is 1.